The summed E-state index contributed by atoms with van der Waals surface area (Å²) in [5.41, 5.74) is 0.818. The Morgan fingerprint density at radius 1 is 1.33 bits per heavy atom. The lowest BCUT2D eigenvalue weighted by atomic mass is 10.1. The Morgan fingerprint density at radius 3 is 2.70 bits per heavy atom. The van der Waals surface area contributed by atoms with Crippen LogP contribution in [0.4, 0.5) is 0 Å². The molecule has 1 aromatic heterocycles. The van der Waals surface area contributed by atoms with Crippen molar-refractivity contribution >= 4 is 32.7 Å². The van der Waals surface area contributed by atoms with Crippen molar-refractivity contribution in [2.24, 2.45) is 5.92 Å². The maximum atomic E-state index is 12.6. The van der Waals surface area contributed by atoms with E-state index in [1.165, 1.54) is 12.3 Å². The number of nitrogens with one attached hydrogen (secondary N) is 2. The van der Waals surface area contributed by atoms with Crippen molar-refractivity contribution in [3.63, 3.8) is 0 Å². The molecule has 142 valence electrons. The summed E-state index contributed by atoms with van der Waals surface area (Å²) in [6.45, 7) is -0.110. The average Bonchev–Trinajstić information content (AvgIpc) is 3.32. The Hall–Kier alpha value is -2.86. The van der Waals surface area contributed by atoms with E-state index in [2.05, 4.69) is 10.6 Å². The summed E-state index contributed by atoms with van der Waals surface area (Å²) < 4.78 is 24.7. The molecular weight excluding hydrogens is 368 g/mol. The van der Waals surface area contributed by atoms with Gasteiger partial charge in [-0.25, -0.2) is 12.4 Å². The first kappa shape index (κ1) is 18.9. The number of hydrogen-bond donors (Lipinski definition) is 2. The summed E-state index contributed by atoms with van der Waals surface area (Å²) >= 11 is 0. The summed E-state index contributed by atoms with van der Waals surface area (Å²) in [6.07, 6.45) is 5.14. The van der Waals surface area contributed by atoms with Crippen molar-refractivity contribution in [1.29, 1.82) is 5.26 Å². The third-order valence-corrected chi connectivity index (χ3v) is 5.54. The minimum Gasteiger partial charge on any atom is -0.341 e. The molecule has 1 unspecified atom stereocenters. The molecule has 3 rings (SSSR count). The minimum atomic E-state index is -3.43. The number of rotatable bonds is 7. The quantitative estimate of drug-likeness (QED) is 0.685. The zero-order valence-electron chi connectivity index (χ0n) is 14.8. The largest absolute Gasteiger partial charge is 0.341 e. The van der Waals surface area contributed by atoms with E-state index in [-0.39, 0.29) is 12.5 Å². The van der Waals surface area contributed by atoms with Gasteiger partial charge in [-0.15, -0.1) is 0 Å². The molecule has 1 aliphatic carbocycles. The lowest BCUT2D eigenvalue weighted by Crippen LogP contribution is -2.47. The first-order valence-corrected chi connectivity index (χ1v) is 10.4. The molecule has 1 heterocycles. The molecule has 0 saturated heterocycles. The van der Waals surface area contributed by atoms with Crippen LogP contribution in [0.25, 0.3) is 10.9 Å². The highest BCUT2D eigenvalue weighted by Crippen LogP contribution is 2.33. The second kappa shape index (κ2) is 7.40. The van der Waals surface area contributed by atoms with Crippen LogP contribution in [0.2, 0.25) is 0 Å². The van der Waals surface area contributed by atoms with E-state index in [0.29, 0.717) is 28.8 Å². The Bertz CT molecular complexity index is 1030. The highest BCUT2D eigenvalue weighted by atomic mass is 32.2. The number of nitrogens with zero attached hydrogens (tertiary/aromatic N) is 2. The highest BCUT2D eigenvalue weighted by Gasteiger charge is 2.30. The SMILES string of the molecule is CS(=O)(=O)n1ccc2cc(C(=O)NC(CC3CC3)C(=O)NCC#N)ccc21. The van der Waals surface area contributed by atoms with Gasteiger partial charge in [-0.3, -0.25) is 9.59 Å². The predicted octanol–water partition coefficient (Wildman–Crippen LogP) is 0.987. The van der Waals surface area contributed by atoms with E-state index < -0.39 is 22.0 Å². The number of benzene rings is 1. The topological polar surface area (TPSA) is 121 Å². The number of aromatic nitrogens is 1. The van der Waals surface area contributed by atoms with Gasteiger partial charge in [0.15, 0.2) is 0 Å². The van der Waals surface area contributed by atoms with Crippen molar-refractivity contribution in [3.05, 3.63) is 36.0 Å². The Morgan fingerprint density at radius 2 is 2.07 bits per heavy atom. The van der Waals surface area contributed by atoms with Gasteiger partial charge < -0.3 is 10.6 Å². The van der Waals surface area contributed by atoms with Crippen molar-refractivity contribution < 1.29 is 18.0 Å². The van der Waals surface area contributed by atoms with Crippen LogP contribution in [-0.4, -0.2) is 43.0 Å². The predicted molar refractivity (Wildman–Crippen MR) is 99.4 cm³/mol. The van der Waals surface area contributed by atoms with Gasteiger partial charge >= 0.3 is 0 Å². The summed E-state index contributed by atoms with van der Waals surface area (Å²) in [5, 5.41) is 14.4. The molecule has 0 radical (unpaired) electrons. The van der Waals surface area contributed by atoms with Gasteiger partial charge in [-0.2, -0.15) is 5.26 Å². The molecule has 1 saturated carbocycles. The second-order valence-electron chi connectivity index (χ2n) is 6.73. The van der Waals surface area contributed by atoms with Crippen molar-refractivity contribution in [1.82, 2.24) is 14.6 Å². The van der Waals surface area contributed by atoms with E-state index in [0.717, 1.165) is 23.1 Å². The minimum absolute atomic E-state index is 0.110. The fourth-order valence-electron chi connectivity index (χ4n) is 2.96. The molecule has 1 aromatic carbocycles. The maximum Gasteiger partial charge on any atom is 0.251 e. The van der Waals surface area contributed by atoms with Crippen LogP contribution in [0, 0.1) is 17.2 Å². The molecule has 2 N–H and O–H groups in total. The van der Waals surface area contributed by atoms with Crippen molar-refractivity contribution in [2.45, 2.75) is 25.3 Å². The zero-order chi connectivity index (χ0) is 19.6. The number of carbonyl (C=O) groups excluding carboxylic acids is 2. The van der Waals surface area contributed by atoms with Crippen LogP contribution in [0.5, 0.6) is 0 Å². The standard InChI is InChI=1S/C18H20N4O4S/c1-27(25,26)22-9-6-13-11-14(4-5-16(13)22)17(23)21-15(10-12-2-3-12)18(24)20-8-7-19/h4-6,9,11-12,15H,2-3,8,10H2,1H3,(H,20,24)(H,21,23). The van der Waals surface area contributed by atoms with Crippen LogP contribution < -0.4 is 10.6 Å². The molecule has 0 aliphatic heterocycles. The van der Waals surface area contributed by atoms with Crippen LogP contribution >= 0.6 is 0 Å². The lowest BCUT2D eigenvalue weighted by Gasteiger charge is -2.17. The first-order valence-electron chi connectivity index (χ1n) is 8.57. The molecule has 2 aromatic rings. The number of hydrogen-bond acceptors (Lipinski definition) is 5. The van der Waals surface area contributed by atoms with Gasteiger partial charge in [0, 0.05) is 17.1 Å². The molecule has 2 amide bonds. The third-order valence-electron chi connectivity index (χ3n) is 4.50. The van der Waals surface area contributed by atoms with Gasteiger partial charge in [-0.1, -0.05) is 12.8 Å². The number of nitriles is 1. The normalized spacial score (nSPS) is 15.1. The van der Waals surface area contributed by atoms with Gasteiger partial charge in [0.05, 0.1) is 17.8 Å². The molecular formula is C18H20N4O4S. The molecule has 27 heavy (non-hydrogen) atoms. The Balaban J connectivity index is 1.79. The Kier molecular flexibility index (Phi) is 5.19. The monoisotopic (exact) mass is 388 g/mol. The van der Waals surface area contributed by atoms with E-state index >= 15 is 0 Å². The van der Waals surface area contributed by atoms with Crippen molar-refractivity contribution in [2.75, 3.05) is 12.8 Å². The summed E-state index contributed by atoms with van der Waals surface area (Å²) in [7, 11) is -3.43. The van der Waals surface area contributed by atoms with E-state index in [9.17, 15) is 18.0 Å². The highest BCUT2D eigenvalue weighted by molar-refractivity contribution is 7.89. The molecule has 1 fully saturated rings. The zero-order valence-corrected chi connectivity index (χ0v) is 15.6. The number of carbonyl (C=O) groups is 2. The fourth-order valence-corrected chi connectivity index (χ4v) is 3.76. The van der Waals surface area contributed by atoms with Gasteiger partial charge in [-0.05, 0) is 36.6 Å². The number of fused-ring (bicyclic) bond motifs is 1. The average molecular weight is 388 g/mol. The number of amides is 2. The summed E-state index contributed by atoms with van der Waals surface area (Å²) in [5.74, 6) is -0.378. The molecule has 0 spiro atoms. The van der Waals surface area contributed by atoms with Crippen LogP contribution in [0.15, 0.2) is 30.5 Å². The van der Waals surface area contributed by atoms with Crippen LogP contribution in [0.3, 0.4) is 0 Å². The van der Waals surface area contributed by atoms with Gasteiger partial charge in [0.2, 0.25) is 15.9 Å². The summed E-state index contributed by atoms with van der Waals surface area (Å²) in [4.78, 5) is 24.8. The maximum absolute atomic E-state index is 12.6. The van der Waals surface area contributed by atoms with Gasteiger partial charge in [0.1, 0.15) is 12.6 Å². The molecule has 0 bridgehead atoms. The van der Waals surface area contributed by atoms with Gasteiger partial charge in [0.25, 0.3) is 5.91 Å². The molecule has 1 atom stereocenters. The van der Waals surface area contributed by atoms with E-state index in [4.69, 9.17) is 5.26 Å². The van der Waals surface area contributed by atoms with E-state index in [1.54, 1.807) is 18.2 Å². The van der Waals surface area contributed by atoms with Crippen molar-refractivity contribution in [3.8, 4) is 6.07 Å². The smallest absolute Gasteiger partial charge is 0.251 e. The molecule has 1 aliphatic rings. The second-order valence-corrected chi connectivity index (χ2v) is 8.59. The first-order chi connectivity index (χ1) is 12.8. The fraction of sp³-hybridized carbons (Fsp3) is 0.389. The molecule has 8 nitrogen and oxygen atoms in total. The van der Waals surface area contributed by atoms with Crippen LogP contribution in [-0.2, 0) is 14.8 Å². The van der Waals surface area contributed by atoms with Crippen LogP contribution in [0.1, 0.15) is 29.6 Å². The third kappa shape index (κ3) is 4.46. The van der Waals surface area contributed by atoms with E-state index in [1.807, 2.05) is 6.07 Å². The summed E-state index contributed by atoms with van der Waals surface area (Å²) in [6, 6.07) is 7.45. The molecule has 9 heteroatoms. The Labute approximate surface area is 157 Å². The lowest BCUT2D eigenvalue weighted by molar-refractivity contribution is -0.123.